The van der Waals surface area contributed by atoms with Crippen molar-refractivity contribution in [2.45, 2.75) is 39.2 Å². The van der Waals surface area contributed by atoms with Crippen LogP contribution in [-0.2, 0) is 16.0 Å². The maximum absolute atomic E-state index is 11.9. The van der Waals surface area contributed by atoms with E-state index in [1.165, 1.54) is 0 Å². The van der Waals surface area contributed by atoms with Crippen LogP contribution in [0.4, 0.5) is 0 Å². The zero-order chi connectivity index (χ0) is 16.1. The van der Waals surface area contributed by atoms with E-state index in [1.807, 2.05) is 31.2 Å². The summed E-state index contributed by atoms with van der Waals surface area (Å²) in [5.41, 5.74) is 1.43. The number of hydrogen-bond donors (Lipinski definition) is 2. The van der Waals surface area contributed by atoms with Gasteiger partial charge in [-0.15, -0.1) is 0 Å². The van der Waals surface area contributed by atoms with Gasteiger partial charge in [0.25, 0.3) is 0 Å². The number of nitrogens with one attached hydrogen (secondary N) is 1. The molecule has 0 unspecified atom stereocenters. The number of carbonyl (C=O) groups is 2. The average Bonchev–Trinajstić information content (AvgIpc) is 2.92. The van der Waals surface area contributed by atoms with E-state index in [9.17, 15) is 9.59 Å². The number of hydrogen-bond acceptors (Lipinski definition) is 4. The van der Waals surface area contributed by atoms with Gasteiger partial charge in [-0.1, -0.05) is 32.4 Å². The number of para-hydroxylation sites is 2. The molecule has 2 rings (SSSR count). The Bertz CT molecular complexity index is 632. The molecule has 2 atom stereocenters. The molecule has 0 aliphatic rings. The molecule has 2 N–H and O–H groups in total. The van der Waals surface area contributed by atoms with Crippen LogP contribution in [0.1, 0.15) is 32.6 Å². The highest BCUT2D eigenvalue weighted by Crippen LogP contribution is 2.15. The lowest BCUT2D eigenvalue weighted by Crippen LogP contribution is -2.45. The molecule has 0 radical (unpaired) electrons. The fourth-order valence-corrected chi connectivity index (χ4v) is 2.18. The second kappa shape index (κ2) is 7.06. The highest BCUT2D eigenvalue weighted by atomic mass is 16.4. The van der Waals surface area contributed by atoms with Gasteiger partial charge in [0.2, 0.25) is 5.91 Å². The Hall–Kier alpha value is -2.37. The molecule has 0 aliphatic heterocycles. The van der Waals surface area contributed by atoms with E-state index in [0.29, 0.717) is 24.3 Å². The van der Waals surface area contributed by atoms with Crippen LogP contribution in [0.2, 0.25) is 0 Å². The number of aliphatic carboxylic acids is 1. The molecule has 0 spiro atoms. The van der Waals surface area contributed by atoms with Crippen LogP contribution in [-0.4, -0.2) is 28.0 Å². The lowest BCUT2D eigenvalue weighted by Gasteiger charge is -2.19. The van der Waals surface area contributed by atoms with E-state index in [-0.39, 0.29) is 18.2 Å². The maximum Gasteiger partial charge on any atom is 0.326 e. The largest absolute Gasteiger partial charge is 0.480 e. The van der Waals surface area contributed by atoms with Gasteiger partial charge in [-0.3, -0.25) is 4.79 Å². The first kappa shape index (κ1) is 16.0. The van der Waals surface area contributed by atoms with Gasteiger partial charge < -0.3 is 14.8 Å². The summed E-state index contributed by atoms with van der Waals surface area (Å²) in [6.07, 6.45) is 1.17. The number of benzene rings is 1. The molecule has 6 heteroatoms. The first-order valence-electron chi connectivity index (χ1n) is 7.38. The summed E-state index contributed by atoms with van der Waals surface area (Å²) >= 11 is 0. The van der Waals surface area contributed by atoms with Crippen molar-refractivity contribution in [3.8, 4) is 0 Å². The van der Waals surface area contributed by atoms with Gasteiger partial charge >= 0.3 is 5.97 Å². The number of carbonyl (C=O) groups excluding carboxylic acids is 1. The van der Waals surface area contributed by atoms with E-state index in [0.717, 1.165) is 5.52 Å². The highest BCUT2D eigenvalue weighted by molar-refractivity contribution is 5.83. The Morgan fingerprint density at radius 3 is 2.73 bits per heavy atom. The van der Waals surface area contributed by atoms with E-state index in [2.05, 4.69) is 10.3 Å². The van der Waals surface area contributed by atoms with E-state index < -0.39 is 12.0 Å². The lowest BCUT2D eigenvalue weighted by molar-refractivity contribution is -0.143. The SMILES string of the molecule is CC[C@H](C)[C@H](NC(=O)CCc1nc2ccccc2o1)C(=O)O. The third-order valence-corrected chi connectivity index (χ3v) is 3.70. The number of oxazole rings is 1. The van der Waals surface area contributed by atoms with E-state index in [4.69, 9.17) is 9.52 Å². The van der Waals surface area contributed by atoms with Gasteiger partial charge in [-0.25, -0.2) is 9.78 Å². The second-order valence-electron chi connectivity index (χ2n) is 5.34. The molecule has 2 aromatic rings. The van der Waals surface area contributed by atoms with Gasteiger partial charge in [-0.2, -0.15) is 0 Å². The summed E-state index contributed by atoms with van der Waals surface area (Å²) in [5, 5.41) is 11.7. The quantitative estimate of drug-likeness (QED) is 0.819. The number of carboxylic acids is 1. The molecule has 0 fully saturated rings. The van der Waals surface area contributed by atoms with Crippen molar-refractivity contribution in [3.05, 3.63) is 30.2 Å². The van der Waals surface area contributed by atoms with E-state index in [1.54, 1.807) is 6.92 Å². The topological polar surface area (TPSA) is 92.4 Å². The van der Waals surface area contributed by atoms with Gasteiger partial charge in [0.15, 0.2) is 11.5 Å². The smallest absolute Gasteiger partial charge is 0.326 e. The van der Waals surface area contributed by atoms with Crippen molar-refractivity contribution < 1.29 is 19.1 Å². The predicted octanol–water partition coefficient (Wildman–Crippen LogP) is 2.38. The molecule has 0 saturated heterocycles. The fourth-order valence-electron chi connectivity index (χ4n) is 2.18. The summed E-state index contributed by atoms with van der Waals surface area (Å²) in [4.78, 5) is 27.4. The molecule has 1 heterocycles. The van der Waals surface area contributed by atoms with Gasteiger partial charge in [0.05, 0.1) is 0 Å². The number of aromatic nitrogens is 1. The zero-order valence-electron chi connectivity index (χ0n) is 12.7. The minimum Gasteiger partial charge on any atom is -0.480 e. The summed E-state index contributed by atoms with van der Waals surface area (Å²) < 4.78 is 5.53. The van der Waals surface area contributed by atoms with E-state index >= 15 is 0 Å². The van der Waals surface area contributed by atoms with Gasteiger partial charge in [0.1, 0.15) is 11.6 Å². The number of nitrogens with zero attached hydrogens (tertiary/aromatic N) is 1. The van der Waals surface area contributed by atoms with Crippen molar-refractivity contribution in [1.82, 2.24) is 10.3 Å². The van der Waals surface area contributed by atoms with Crippen molar-refractivity contribution in [3.63, 3.8) is 0 Å². The van der Waals surface area contributed by atoms with Gasteiger partial charge in [-0.05, 0) is 18.1 Å². The highest BCUT2D eigenvalue weighted by Gasteiger charge is 2.25. The van der Waals surface area contributed by atoms with Crippen molar-refractivity contribution in [2.75, 3.05) is 0 Å². The minimum absolute atomic E-state index is 0.120. The number of rotatable bonds is 7. The molecule has 0 bridgehead atoms. The molecule has 1 amide bonds. The predicted molar refractivity (Wildman–Crippen MR) is 81.4 cm³/mol. The van der Waals surface area contributed by atoms with Crippen LogP contribution < -0.4 is 5.32 Å². The van der Waals surface area contributed by atoms with Crippen molar-refractivity contribution >= 4 is 23.0 Å². The number of amides is 1. The monoisotopic (exact) mass is 304 g/mol. The molecular weight excluding hydrogens is 284 g/mol. The Balaban J connectivity index is 1.93. The summed E-state index contributed by atoms with van der Waals surface area (Å²) in [5.74, 6) is -0.961. The maximum atomic E-state index is 11.9. The molecular formula is C16H20N2O4. The molecule has 118 valence electrons. The van der Waals surface area contributed by atoms with Crippen LogP contribution in [0.15, 0.2) is 28.7 Å². The third kappa shape index (κ3) is 3.84. The van der Waals surface area contributed by atoms with Crippen molar-refractivity contribution in [1.29, 1.82) is 0 Å². The Labute approximate surface area is 128 Å². The Morgan fingerprint density at radius 1 is 1.36 bits per heavy atom. The minimum atomic E-state index is -1.01. The van der Waals surface area contributed by atoms with Crippen LogP contribution in [0.25, 0.3) is 11.1 Å². The summed E-state index contributed by atoms with van der Waals surface area (Å²) in [7, 11) is 0. The zero-order valence-corrected chi connectivity index (χ0v) is 12.7. The number of aryl methyl sites for hydroxylation is 1. The summed E-state index contributed by atoms with van der Waals surface area (Å²) in [6, 6.07) is 6.51. The number of carboxylic acid groups (broad SMARTS) is 1. The third-order valence-electron chi connectivity index (χ3n) is 3.70. The Kier molecular flexibility index (Phi) is 5.14. The molecule has 0 saturated carbocycles. The second-order valence-corrected chi connectivity index (χ2v) is 5.34. The first-order chi connectivity index (χ1) is 10.5. The van der Waals surface area contributed by atoms with Crippen LogP contribution in [0.5, 0.6) is 0 Å². The summed E-state index contributed by atoms with van der Waals surface area (Å²) in [6.45, 7) is 3.70. The van der Waals surface area contributed by atoms with Crippen molar-refractivity contribution in [2.24, 2.45) is 5.92 Å². The fraction of sp³-hybridized carbons (Fsp3) is 0.438. The average molecular weight is 304 g/mol. The van der Waals surface area contributed by atoms with Crippen LogP contribution in [0, 0.1) is 5.92 Å². The molecule has 22 heavy (non-hydrogen) atoms. The lowest BCUT2D eigenvalue weighted by atomic mass is 9.99. The normalized spacial score (nSPS) is 13.7. The van der Waals surface area contributed by atoms with Crippen LogP contribution in [0.3, 0.4) is 0 Å². The van der Waals surface area contributed by atoms with Gasteiger partial charge in [0, 0.05) is 12.8 Å². The molecule has 1 aromatic carbocycles. The molecule has 0 aliphatic carbocycles. The number of fused-ring (bicyclic) bond motifs is 1. The Morgan fingerprint density at radius 2 is 2.09 bits per heavy atom. The standard InChI is InChI=1S/C16H20N2O4/c1-3-10(2)15(16(20)21)18-13(19)8-9-14-17-11-6-4-5-7-12(11)22-14/h4-7,10,15H,3,8-9H2,1-2H3,(H,18,19)(H,20,21)/t10-,15-/m0/s1. The molecule has 1 aromatic heterocycles. The first-order valence-corrected chi connectivity index (χ1v) is 7.38. The molecule has 6 nitrogen and oxygen atoms in total. The van der Waals surface area contributed by atoms with Crippen LogP contribution >= 0.6 is 0 Å².